The molecule has 0 aliphatic rings. The summed E-state index contributed by atoms with van der Waals surface area (Å²) in [5.74, 6) is 0.598. The van der Waals surface area contributed by atoms with Gasteiger partial charge in [0.15, 0.2) is 5.69 Å². The highest BCUT2D eigenvalue weighted by Crippen LogP contribution is 2.39. The molecule has 0 amide bonds. The van der Waals surface area contributed by atoms with E-state index in [1.54, 1.807) is 18.2 Å². The van der Waals surface area contributed by atoms with E-state index in [0.717, 1.165) is 11.3 Å². The van der Waals surface area contributed by atoms with Gasteiger partial charge in [0, 0.05) is 12.1 Å². The number of nitrogens with two attached hydrogens (primary N) is 1. The number of ether oxygens (including phenoxy) is 1. The van der Waals surface area contributed by atoms with E-state index in [-0.39, 0.29) is 16.4 Å². The van der Waals surface area contributed by atoms with Crippen molar-refractivity contribution in [2.45, 2.75) is 12.7 Å². The average molecular weight is 367 g/mol. The number of alkyl halides is 3. The number of thiazole rings is 1. The van der Waals surface area contributed by atoms with Crippen LogP contribution in [-0.2, 0) is 12.7 Å². The van der Waals surface area contributed by atoms with Gasteiger partial charge < -0.3 is 10.5 Å². The zero-order chi connectivity index (χ0) is 14.9. The molecule has 0 atom stereocenters. The highest BCUT2D eigenvalue weighted by Gasteiger charge is 2.37. The summed E-state index contributed by atoms with van der Waals surface area (Å²) in [7, 11) is 1.51. The van der Waals surface area contributed by atoms with E-state index in [2.05, 4.69) is 20.9 Å². The van der Waals surface area contributed by atoms with E-state index in [4.69, 9.17) is 10.5 Å². The SMILES string of the molecule is COc1ccc(-c2nc(C(F)(F)F)c(CN)s2)cc1Br. The third kappa shape index (κ3) is 2.97. The standard InChI is InChI=1S/C12H10BrF3N2OS/c1-19-8-3-2-6(4-7(8)13)11-18-10(12(14,15)16)9(5-17)20-11/h2-4H,5,17H2,1H3. The van der Waals surface area contributed by atoms with E-state index in [1.165, 1.54) is 7.11 Å². The zero-order valence-electron chi connectivity index (χ0n) is 10.3. The van der Waals surface area contributed by atoms with Crippen LogP contribution >= 0.6 is 27.3 Å². The first kappa shape index (κ1) is 15.3. The van der Waals surface area contributed by atoms with Gasteiger partial charge in [-0.1, -0.05) is 0 Å². The summed E-state index contributed by atoms with van der Waals surface area (Å²) in [4.78, 5) is 3.70. The number of nitrogens with zero attached hydrogens (tertiary/aromatic N) is 1. The summed E-state index contributed by atoms with van der Waals surface area (Å²) in [5, 5.41) is 0.279. The molecule has 108 valence electrons. The minimum Gasteiger partial charge on any atom is -0.496 e. The van der Waals surface area contributed by atoms with Gasteiger partial charge in [0.1, 0.15) is 10.8 Å². The largest absolute Gasteiger partial charge is 0.496 e. The lowest BCUT2D eigenvalue weighted by molar-refractivity contribution is -0.141. The highest BCUT2D eigenvalue weighted by atomic mass is 79.9. The fourth-order valence-corrected chi connectivity index (χ4v) is 3.13. The Labute approximate surface area is 125 Å². The maximum Gasteiger partial charge on any atom is 0.434 e. The van der Waals surface area contributed by atoms with Crippen LogP contribution in [0.3, 0.4) is 0 Å². The molecule has 0 bridgehead atoms. The Bertz CT molecular complexity index is 628. The lowest BCUT2D eigenvalue weighted by Crippen LogP contribution is -2.10. The molecule has 0 radical (unpaired) electrons. The number of halogens is 4. The third-order valence-electron chi connectivity index (χ3n) is 2.55. The second kappa shape index (κ2) is 5.71. The molecule has 2 N–H and O–H groups in total. The van der Waals surface area contributed by atoms with E-state index >= 15 is 0 Å². The molecule has 0 saturated carbocycles. The molecule has 8 heteroatoms. The Morgan fingerprint density at radius 2 is 2.10 bits per heavy atom. The Kier molecular flexibility index (Phi) is 4.36. The van der Waals surface area contributed by atoms with Crippen LogP contribution < -0.4 is 10.5 Å². The number of benzene rings is 1. The monoisotopic (exact) mass is 366 g/mol. The second-order valence-corrected chi connectivity index (χ2v) is 5.78. The van der Waals surface area contributed by atoms with Crippen LogP contribution in [0.2, 0.25) is 0 Å². The first-order valence-electron chi connectivity index (χ1n) is 5.47. The van der Waals surface area contributed by atoms with Crippen molar-refractivity contribution in [2.24, 2.45) is 5.73 Å². The van der Waals surface area contributed by atoms with Gasteiger partial charge in [-0.15, -0.1) is 11.3 Å². The number of aromatic nitrogens is 1. The smallest absolute Gasteiger partial charge is 0.434 e. The predicted molar refractivity (Wildman–Crippen MR) is 74.7 cm³/mol. The molecule has 1 aromatic carbocycles. The first-order chi connectivity index (χ1) is 9.36. The molecule has 1 heterocycles. The van der Waals surface area contributed by atoms with Gasteiger partial charge in [0.25, 0.3) is 0 Å². The van der Waals surface area contributed by atoms with Crippen molar-refractivity contribution in [3.8, 4) is 16.3 Å². The van der Waals surface area contributed by atoms with E-state index < -0.39 is 11.9 Å². The average Bonchev–Trinajstić information content (AvgIpc) is 2.82. The minimum atomic E-state index is -4.49. The van der Waals surface area contributed by atoms with Crippen molar-refractivity contribution >= 4 is 27.3 Å². The second-order valence-electron chi connectivity index (χ2n) is 3.84. The molecule has 0 unspecified atom stereocenters. The molecular formula is C12H10BrF3N2OS. The molecule has 0 aliphatic carbocycles. The van der Waals surface area contributed by atoms with Gasteiger partial charge in [0.05, 0.1) is 16.5 Å². The fraction of sp³-hybridized carbons (Fsp3) is 0.250. The molecule has 20 heavy (non-hydrogen) atoms. The summed E-state index contributed by atoms with van der Waals surface area (Å²) in [6, 6.07) is 4.98. The van der Waals surface area contributed by atoms with E-state index in [0.29, 0.717) is 15.8 Å². The Balaban J connectivity index is 2.48. The third-order valence-corrected chi connectivity index (χ3v) is 4.30. The first-order valence-corrected chi connectivity index (χ1v) is 7.08. The van der Waals surface area contributed by atoms with Crippen LogP contribution in [0.25, 0.3) is 10.6 Å². The summed E-state index contributed by atoms with van der Waals surface area (Å²) < 4.78 is 44.2. The van der Waals surface area contributed by atoms with Crippen LogP contribution in [0.4, 0.5) is 13.2 Å². The van der Waals surface area contributed by atoms with Gasteiger partial charge in [-0.05, 0) is 34.1 Å². The van der Waals surface area contributed by atoms with E-state index in [1.807, 2.05) is 0 Å². The predicted octanol–water partition coefficient (Wildman–Crippen LogP) is 4.06. The molecule has 2 aromatic rings. The molecule has 1 aromatic heterocycles. The topological polar surface area (TPSA) is 48.1 Å². The maximum atomic E-state index is 12.8. The molecule has 0 spiro atoms. The number of hydrogen-bond acceptors (Lipinski definition) is 4. The maximum absolute atomic E-state index is 12.8. The summed E-state index contributed by atoms with van der Waals surface area (Å²) in [5.41, 5.74) is 5.02. The van der Waals surface area contributed by atoms with Gasteiger partial charge in [0.2, 0.25) is 0 Å². The summed E-state index contributed by atoms with van der Waals surface area (Å²) in [6.07, 6.45) is -4.49. The van der Waals surface area contributed by atoms with Crippen molar-refractivity contribution in [1.29, 1.82) is 0 Å². The molecule has 0 fully saturated rings. The number of hydrogen-bond donors (Lipinski definition) is 1. The van der Waals surface area contributed by atoms with Crippen LogP contribution in [0, 0.1) is 0 Å². The van der Waals surface area contributed by atoms with Gasteiger partial charge in [-0.25, -0.2) is 4.98 Å². The lowest BCUT2D eigenvalue weighted by atomic mass is 10.2. The van der Waals surface area contributed by atoms with E-state index in [9.17, 15) is 13.2 Å². The summed E-state index contributed by atoms with van der Waals surface area (Å²) >= 11 is 4.24. The highest BCUT2D eigenvalue weighted by molar-refractivity contribution is 9.10. The van der Waals surface area contributed by atoms with Crippen molar-refractivity contribution in [3.63, 3.8) is 0 Å². The van der Waals surface area contributed by atoms with Crippen molar-refractivity contribution in [1.82, 2.24) is 4.98 Å². The van der Waals surface area contributed by atoms with Crippen LogP contribution in [0.15, 0.2) is 22.7 Å². The lowest BCUT2D eigenvalue weighted by Gasteiger charge is -2.04. The number of methoxy groups -OCH3 is 1. The normalized spacial score (nSPS) is 11.7. The minimum absolute atomic E-state index is 0.0273. The van der Waals surface area contributed by atoms with Crippen LogP contribution in [0.5, 0.6) is 5.75 Å². The molecule has 2 rings (SSSR count). The van der Waals surface area contributed by atoms with Crippen molar-refractivity contribution in [3.05, 3.63) is 33.2 Å². The van der Waals surface area contributed by atoms with Crippen molar-refractivity contribution in [2.75, 3.05) is 7.11 Å². The van der Waals surface area contributed by atoms with Crippen LogP contribution in [0.1, 0.15) is 10.6 Å². The number of rotatable bonds is 3. The zero-order valence-corrected chi connectivity index (χ0v) is 12.7. The molecule has 0 aliphatic heterocycles. The molecule has 3 nitrogen and oxygen atoms in total. The Morgan fingerprint density at radius 1 is 1.40 bits per heavy atom. The van der Waals surface area contributed by atoms with Crippen molar-refractivity contribution < 1.29 is 17.9 Å². The quantitative estimate of drug-likeness (QED) is 0.890. The molecule has 0 saturated heterocycles. The van der Waals surface area contributed by atoms with Crippen LogP contribution in [-0.4, -0.2) is 12.1 Å². The fourth-order valence-electron chi connectivity index (χ4n) is 1.63. The van der Waals surface area contributed by atoms with Gasteiger partial charge >= 0.3 is 6.18 Å². The molecular weight excluding hydrogens is 357 g/mol. The Hall–Kier alpha value is -1.12. The Morgan fingerprint density at radius 3 is 2.55 bits per heavy atom. The van der Waals surface area contributed by atoms with Gasteiger partial charge in [-0.2, -0.15) is 13.2 Å². The summed E-state index contributed by atoms with van der Waals surface area (Å²) in [6.45, 7) is -0.191. The van der Waals surface area contributed by atoms with Gasteiger partial charge in [-0.3, -0.25) is 0 Å².